The number of amides is 1. The van der Waals surface area contributed by atoms with Crippen molar-refractivity contribution in [1.82, 2.24) is 5.32 Å². The molecule has 624 valence electrons. The predicted octanol–water partition coefficient (Wildman–Crippen LogP) is 10.1. The van der Waals surface area contributed by atoms with Gasteiger partial charge in [0.2, 0.25) is 0 Å². The van der Waals surface area contributed by atoms with Crippen molar-refractivity contribution in [3.05, 3.63) is 12.5 Å². The molecule has 0 aliphatic carbocycles. The number of ether oxygens (including phenoxy) is 3. The molecule has 0 aromatic heterocycles. The number of unbranched alkanes of at least 4 members (excludes halogenated alkanes) is 30. The van der Waals surface area contributed by atoms with E-state index >= 15 is 0 Å². The van der Waals surface area contributed by atoms with Crippen LogP contribution in [0, 0.1) is 0 Å². The van der Waals surface area contributed by atoms with E-state index in [-0.39, 0.29) is 19.4 Å². The first kappa shape index (κ1) is 101. The average molecular weight is 1590 g/mol. The zero-order valence-corrected chi connectivity index (χ0v) is 58.0. The summed E-state index contributed by atoms with van der Waals surface area (Å²) in [6.45, 7) is 1.72. The third kappa shape index (κ3) is 87.1. The van der Waals surface area contributed by atoms with Crippen LogP contribution in [-0.2, 0) is 259 Å². The SMILES string of the molecule is CCCCCCCCCCCCCCCCCCCC(=O)OC[C@H](COP(=O)(O)OCCNC(=O)OCCOOOOOOOOOOOOOOOOOOOOOOOOOOOOOOOOOOOOOOOOOOOO/C=C\N)OC(=O)CCCCCCCCCCCCCCCCC. The molecule has 1 amide bonds. The second kappa shape index (κ2) is 87.2. The number of carbonyl (C=O) groups excluding carboxylic acids is 3. The van der Waals surface area contributed by atoms with Crippen molar-refractivity contribution in [3.8, 4) is 0 Å². The molecule has 2 atom stereocenters. The Hall–Kier alpha value is -4.06. The molecule has 0 aromatic carbocycles. The van der Waals surface area contributed by atoms with Crippen molar-refractivity contribution in [3.63, 3.8) is 0 Å². The molecule has 57 heteroatoms. The van der Waals surface area contributed by atoms with Crippen molar-refractivity contribution in [2.45, 2.75) is 238 Å². The van der Waals surface area contributed by atoms with Crippen molar-refractivity contribution < 1.29 is 268 Å². The highest BCUT2D eigenvalue weighted by Crippen LogP contribution is 2.43. The summed E-state index contributed by atoms with van der Waals surface area (Å²) in [5, 5.41) is 154. The number of nitrogens with one attached hydrogen (secondary N) is 1. The fourth-order valence-electron chi connectivity index (χ4n) is 7.58. The Bertz CT molecular complexity index is 1860. The predicted molar refractivity (Wildman–Crippen MR) is 296 cm³/mol. The smallest absolute Gasteiger partial charge is 0.462 e. The van der Waals surface area contributed by atoms with Gasteiger partial charge in [-0.3, -0.25) is 18.6 Å². The molecule has 105 heavy (non-hydrogen) atoms. The van der Waals surface area contributed by atoms with Gasteiger partial charge in [0.05, 0.1) is 13.2 Å². The van der Waals surface area contributed by atoms with Crippen LogP contribution in [0.3, 0.4) is 0 Å². The number of esters is 2. The minimum atomic E-state index is -4.77. The van der Waals surface area contributed by atoms with Crippen LogP contribution in [0.1, 0.15) is 232 Å². The Labute approximate surface area is 594 Å². The third-order valence-corrected chi connectivity index (χ3v) is 13.0. The molecule has 0 rings (SSSR count). The number of nitrogens with two attached hydrogens (primary N) is 1. The quantitative estimate of drug-likeness (QED) is 0.00968. The standard InChI is InChI=1S/C48H93N2O54P/c1-3-5-7-9-11-13-15-17-19-20-22-23-25-27-29-31-33-35-46(51)57-43-45(62-47(52)36-34-32-30-28-26-24-21-18-16-14-12-10-8-6-4-2)44-61-105(54,55)60-40-38-50-48(53)56-41-42-59-64-66-68-70-72-74-76-78-80-82-84-86-88-90-92-94-96-98-100-102-104-103-101-99-97-95-93-91-89-87-85-83-81-79-77-75-73-71-69-67-65-63-58-39-37-49/h37,39,45H,3-36,38,40-44,49H2,1-2H3,(H,50,53)(H,54,55)/b39-37-/t45-/m1/s1. The first-order chi connectivity index (χ1) is 51.7. The van der Waals surface area contributed by atoms with Gasteiger partial charge in [0, 0.05) is 197 Å². The van der Waals surface area contributed by atoms with Crippen molar-refractivity contribution in [1.29, 1.82) is 0 Å². The summed E-state index contributed by atoms with van der Waals surface area (Å²) in [5.41, 5.74) is 4.88. The van der Waals surface area contributed by atoms with Crippen LogP contribution in [0.25, 0.3) is 0 Å². The number of phosphoric ester groups is 1. The highest BCUT2D eigenvalue weighted by molar-refractivity contribution is 7.47. The fraction of sp³-hybridized carbons (Fsp3) is 0.896. The Morgan fingerprint density at radius 3 is 0.914 bits per heavy atom. The average Bonchev–Trinajstić information content (AvgIpc) is 0.965. The Morgan fingerprint density at radius 1 is 0.333 bits per heavy atom. The van der Waals surface area contributed by atoms with Crippen LogP contribution in [0.4, 0.5) is 4.79 Å². The van der Waals surface area contributed by atoms with Crippen LogP contribution in [0.5, 0.6) is 0 Å². The molecule has 0 radical (unpaired) electrons. The zero-order valence-electron chi connectivity index (χ0n) is 57.1. The topological polar surface area (TPSA) is 579 Å². The second-order valence-electron chi connectivity index (χ2n) is 19.7. The number of phosphoric acid groups is 1. The molecule has 0 aliphatic heterocycles. The maximum Gasteiger partial charge on any atom is 0.472 e. The zero-order chi connectivity index (χ0) is 75.9. The van der Waals surface area contributed by atoms with E-state index in [9.17, 15) is 23.8 Å². The molecule has 0 bridgehead atoms. The lowest BCUT2D eigenvalue weighted by Crippen LogP contribution is -2.30. The van der Waals surface area contributed by atoms with E-state index in [0.29, 0.717) is 12.8 Å². The molecule has 0 saturated heterocycles. The van der Waals surface area contributed by atoms with Gasteiger partial charge in [0.15, 0.2) is 6.10 Å². The Balaban J connectivity index is 3.93. The summed E-state index contributed by atoms with van der Waals surface area (Å²) >= 11 is 0. The normalized spacial score (nSPS) is 12.5. The van der Waals surface area contributed by atoms with Crippen LogP contribution >= 0.6 is 7.82 Å². The lowest BCUT2D eigenvalue weighted by atomic mass is 10.0. The summed E-state index contributed by atoms with van der Waals surface area (Å²) in [6, 6.07) is 0. The molecular formula is C48H93N2O54P. The van der Waals surface area contributed by atoms with Gasteiger partial charge in [-0.05, 0) is 53.1 Å². The van der Waals surface area contributed by atoms with E-state index in [0.717, 1.165) is 57.4 Å². The molecular weight excluding hydrogens is 1500 g/mol. The summed E-state index contributed by atoms with van der Waals surface area (Å²) in [6.07, 6.45) is 37.9. The minimum Gasteiger partial charge on any atom is -0.462 e. The molecule has 0 fully saturated rings. The summed E-state index contributed by atoms with van der Waals surface area (Å²) in [5.74, 6) is -1.06. The van der Waals surface area contributed by atoms with Crippen molar-refractivity contribution >= 4 is 25.9 Å². The minimum absolute atomic E-state index is 0.109. The van der Waals surface area contributed by atoms with Gasteiger partial charge in [-0.15, -0.1) is 0 Å². The molecule has 4 N–H and O–H groups in total. The van der Waals surface area contributed by atoms with Gasteiger partial charge >= 0.3 is 25.9 Å². The first-order valence-electron chi connectivity index (χ1n) is 32.3. The number of alkyl carbamates (subject to hydrolysis) is 1. The molecule has 0 saturated carbocycles. The molecule has 1 unspecified atom stereocenters. The highest BCUT2D eigenvalue weighted by atomic mass is 31.2. The summed E-state index contributed by atoms with van der Waals surface area (Å²) < 4.78 is 38.5. The largest absolute Gasteiger partial charge is 0.472 e. The summed E-state index contributed by atoms with van der Waals surface area (Å²) in [4.78, 5) is 56.3. The lowest BCUT2D eigenvalue weighted by molar-refractivity contribution is -0.909. The third-order valence-electron chi connectivity index (χ3n) is 12.0. The monoisotopic (exact) mass is 1590 g/mol. The van der Waals surface area contributed by atoms with Crippen LogP contribution < -0.4 is 11.1 Å². The van der Waals surface area contributed by atoms with E-state index in [2.05, 4.69) is 241 Å². The van der Waals surface area contributed by atoms with Gasteiger partial charge in [-0.2, -0.15) is 0 Å². The van der Waals surface area contributed by atoms with Crippen LogP contribution in [0.2, 0.25) is 0 Å². The fourth-order valence-corrected chi connectivity index (χ4v) is 8.33. The maximum atomic E-state index is 12.9. The van der Waals surface area contributed by atoms with Gasteiger partial charge in [0.25, 0.3) is 0 Å². The van der Waals surface area contributed by atoms with E-state index in [1.165, 1.54) is 148 Å². The van der Waals surface area contributed by atoms with Gasteiger partial charge < -0.3 is 35.0 Å². The van der Waals surface area contributed by atoms with Gasteiger partial charge in [-0.1, -0.05) is 206 Å². The first-order valence-corrected chi connectivity index (χ1v) is 33.8. The van der Waals surface area contributed by atoms with Gasteiger partial charge in [0.1, 0.15) is 26.1 Å². The van der Waals surface area contributed by atoms with Crippen molar-refractivity contribution in [2.75, 3.05) is 39.6 Å². The maximum absolute atomic E-state index is 12.9. The second-order valence-corrected chi connectivity index (χ2v) is 21.1. The molecule has 0 heterocycles. The Kier molecular flexibility index (Phi) is 83.8. The molecule has 0 aromatic rings. The molecule has 0 spiro atoms. The van der Waals surface area contributed by atoms with E-state index in [4.69, 9.17) is 29.0 Å². The molecule has 56 nitrogen and oxygen atoms in total. The van der Waals surface area contributed by atoms with Crippen LogP contribution in [0.15, 0.2) is 12.5 Å². The number of carbonyl (C=O) groups is 3. The Morgan fingerprint density at radius 2 is 0.610 bits per heavy atom. The van der Waals surface area contributed by atoms with E-state index < -0.39 is 65.0 Å². The van der Waals surface area contributed by atoms with Crippen molar-refractivity contribution in [2.24, 2.45) is 5.73 Å². The van der Waals surface area contributed by atoms with Crippen LogP contribution in [-0.4, -0.2) is 68.6 Å². The highest BCUT2D eigenvalue weighted by Gasteiger charge is 2.26. The number of hydrogen-bond acceptors (Lipinski definition) is 54. The lowest BCUT2D eigenvalue weighted by Gasteiger charge is -2.20. The van der Waals surface area contributed by atoms with E-state index in [1.54, 1.807) is 0 Å². The number of rotatable bonds is 91. The summed E-state index contributed by atoms with van der Waals surface area (Å²) in [7, 11) is -4.77. The van der Waals surface area contributed by atoms with E-state index in [1.807, 2.05) is 0 Å². The number of hydrogen-bond donors (Lipinski definition) is 3. The van der Waals surface area contributed by atoms with Gasteiger partial charge in [-0.25, -0.2) is 14.2 Å². The molecule has 0 aliphatic rings.